The van der Waals surface area contributed by atoms with Gasteiger partial charge in [0, 0.05) is 11.5 Å². The highest BCUT2D eigenvalue weighted by atomic mass is 19.2. The number of hydrogen-bond donors (Lipinski definition) is 0. The SMILES string of the molecule is CCC(C)(C)C(=O)OCCCCCCCCCCCOc1ccc2cc(-c3c(F)c(F)c(F)c(F)c3F)c(=O)oc2n1. The number of nitrogens with zero attached hydrogens (tertiary/aromatic N) is 1. The molecule has 0 aliphatic rings. The van der Waals surface area contributed by atoms with Crippen LogP contribution in [0.5, 0.6) is 5.88 Å². The van der Waals surface area contributed by atoms with E-state index in [1.165, 1.54) is 12.1 Å². The van der Waals surface area contributed by atoms with E-state index in [1.807, 2.05) is 20.8 Å². The number of halogens is 5. The summed E-state index contributed by atoms with van der Waals surface area (Å²) in [6.07, 6.45) is 9.91. The fraction of sp³-hybridized carbons (Fsp3) is 0.516. The minimum absolute atomic E-state index is 0.113. The number of aromatic nitrogens is 1. The van der Waals surface area contributed by atoms with Crippen LogP contribution >= 0.6 is 0 Å². The van der Waals surface area contributed by atoms with Crippen LogP contribution in [0.25, 0.3) is 22.2 Å². The Morgan fingerprint density at radius 1 is 0.810 bits per heavy atom. The second-order valence-corrected chi connectivity index (χ2v) is 10.8. The molecule has 3 rings (SSSR count). The first kappa shape index (κ1) is 33.0. The summed E-state index contributed by atoms with van der Waals surface area (Å²) in [6, 6.07) is 3.82. The van der Waals surface area contributed by atoms with E-state index in [9.17, 15) is 31.5 Å². The van der Waals surface area contributed by atoms with E-state index in [4.69, 9.17) is 13.9 Å². The lowest BCUT2D eigenvalue weighted by Crippen LogP contribution is -2.26. The van der Waals surface area contributed by atoms with Gasteiger partial charge in [0.1, 0.15) is 0 Å². The third-order valence-electron chi connectivity index (χ3n) is 7.26. The molecule has 2 aromatic heterocycles. The summed E-state index contributed by atoms with van der Waals surface area (Å²) in [7, 11) is 0. The van der Waals surface area contributed by atoms with Crippen LogP contribution in [0, 0.1) is 34.5 Å². The van der Waals surface area contributed by atoms with Crippen LogP contribution in [0.1, 0.15) is 85.0 Å². The Labute approximate surface area is 241 Å². The van der Waals surface area contributed by atoms with E-state index in [2.05, 4.69) is 4.98 Å². The number of unbranched alkanes of at least 4 members (excludes halogenated alkanes) is 8. The van der Waals surface area contributed by atoms with Gasteiger partial charge in [-0.05, 0) is 45.2 Å². The zero-order valence-corrected chi connectivity index (χ0v) is 24.1. The Morgan fingerprint density at radius 3 is 1.90 bits per heavy atom. The smallest absolute Gasteiger partial charge is 0.345 e. The van der Waals surface area contributed by atoms with E-state index >= 15 is 0 Å². The van der Waals surface area contributed by atoms with Crippen molar-refractivity contribution < 1.29 is 40.6 Å². The molecule has 1 aromatic carbocycles. The number of esters is 1. The highest BCUT2D eigenvalue weighted by molar-refractivity contribution is 5.80. The Morgan fingerprint density at radius 2 is 1.33 bits per heavy atom. The summed E-state index contributed by atoms with van der Waals surface area (Å²) < 4.78 is 84.9. The minimum Gasteiger partial charge on any atom is -0.478 e. The Balaban J connectivity index is 1.37. The Hall–Kier alpha value is -3.50. The summed E-state index contributed by atoms with van der Waals surface area (Å²) in [5, 5.41) is 0.113. The quantitative estimate of drug-likeness (QED) is 0.0542. The van der Waals surface area contributed by atoms with Crippen LogP contribution in [0.3, 0.4) is 0 Å². The first-order chi connectivity index (χ1) is 20.0. The van der Waals surface area contributed by atoms with Gasteiger partial charge in [0.05, 0.1) is 29.8 Å². The van der Waals surface area contributed by atoms with Crippen molar-refractivity contribution in [3.63, 3.8) is 0 Å². The topological polar surface area (TPSA) is 78.6 Å². The number of pyridine rings is 1. The van der Waals surface area contributed by atoms with Crippen molar-refractivity contribution in [2.75, 3.05) is 13.2 Å². The molecule has 0 N–H and O–H groups in total. The van der Waals surface area contributed by atoms with Crippen molar-refractivity contribution >= 4 is 17.1 Å². The monoisotopic (exact) mass is 597 g/mol. The van der Waals surface area contributed by atoms with E-state index in [-0.39, 0.29) is 22.9 Å². The molecule has 0 spiro atoms. The fourth-order valence-corrected chi connectivity index (χ4v) is 4.20. The maximum absolute atomic E-state index is 14.2. The zero-order chi connectivity index (χ0) is 30.9. The summed E-state index contributed by atoms with van der Waals surface area (Å²) in [5.41, 5.74) is -4.12. The summed E-state index contributed by atoms with van der Waals surface area (Å²) in [5.74, 6) is -10.9. The first-order valence-corrected chi connectivity index (χ1v) is 14.2. The molecule has 11 heteroatoms. The number of carbonyl (C=O) groups excluding carboxylic acids is 1. The molecule has 0 atom stereocenters. The summed E-state index contributed by atoms with van der Waals surface area (Å²) in [6.45, 7) is 6.60. The molecule has 0 aliphatic carbocycles. The molecule has 2 heterocycles. The van der Waals surface area contributed by atoms with Crippen LogP contribution in [-0.2, 0) is 9.53 Å². The molecule has 0 fully saturated rings. The fourth-order valence-electron chi connectivity index (χ4n) is 4.20. The van der Waals surface area contributed by atoms with Crippen LogP contribution in [0.4, 0.5) is 22.0 Å². The predicted octanol–water partition coefficient (Wildman–Crippen LogP) is 8.42. The zero-order valence-electron chi connectivity index (χ0n) is 24.1. The summed E-state index contributed by atoms with van der Waals surface area (Å²) in [4.78, 5) is 28.4. The second kappa shape index (κ2) is 15.1. The summed E-state index contributed by atoms with van der Waals surface area (Å²) >= 11 is 0. The molecule has 0 bridgehead atoms. The van der Waals surface area contributed by atoms with Crippen molar-refractivity contribution in [3.05, 3.63) is 57.7 Å². The minimum atomic E-state index is -2.32. The molecule has 0 saturated heterocycles. The lowest BCUT2D eigenvalue weighted by Gasteiger charge is -2.20. The molecular weight excluding hydrogens is 561 g/mol. The molecule has 0 aliphatic heterocycles. The van der Waals surface area contributed by atoms with Gasteiger partial charge in [-0.3, -0.25) is 4.79 Å². The number of rotatable bonds is 16. The average molecular weight is 598 g/mol. The Kier molecular flexibility index (Phi) is 11.9. The van der Waals surface area contributed by atoms with Crippen molar-refractivity contribution in [2.24, 2.45) is 5.41 Å². The third-order valence-corrected chi connectivity index (χ3v) is 7.26. The molecule has 42 heavy (non-hydrogen) atoms. The van der Waals surface area contributed by atoms with Crippen molar-refractivity contribution in [1.29, 1.82) is 0 Å². The van der Waals surface area contributed by atoms with Crippen molar-refractivity contribution in [3.8, 4) is 17.0 Å². The molecule has 0 radical (unpaired) electrons. The average Bonchev–Trinajstić information content (AvgIpc) is 2.97. The van der Waals surface area contributed by atoms with Crippen LogP contribution < -0.4 is 10.4 Å². The highest BCUT2D eigenvalue weighted by Crippen LogP contribution is 2.31. The van der Waals surface area contributed by atoms with Gasteiger partial charge in [-0.25, -0.2) is 26.7 Å². The standard InChI is InChI=1S/C31H36F5NO5/c1-4-31(2,3)30(39)41-17-13-11-9-7-5-6-8-10-12-16-40-21-15-14-19-18-20(29(38)42-28(19)37-21)22-23(32)25(34)27(36)26(35)24(22)33/h14-15,18H,4-13,16-17H2,1-3H3. The largest absolute Gasteiger partial charge is 0.478 e. The first-order valence-electron chi connectivity index (χ1n) is 14.2. The highest BCUT2D eigenvalue weighted by Gasteiger charge is 2.29. The Bertz CT molecular complexity index is 1410. The molecule has 0 amide bonds. The molecule has 230 valence electrons. The van der Waals surface area contributed by atoms with Gasteiger partial charge in [0.15, 0.2) is 23.3 Å². The van der Waals surface area contributed by atoms with Crippen molar-refractivity contribution in [1.82, 2.24) is 4.98 Å². The number of benzene rings is 1. The molecular formula is C31H36F5NO5. The van der Waals surface area contributed by atoms with E-state index in [0.29, 0.717) is 13.2 Å². The van der Waals surface area contributed by atoms with E-state index in [1.54, 1.807) is 0 Å². The lowest BCUT2D eigenvalue weighted by molar-refractivity contribution is -0.154. The van der Waals surface area contributed by atoms with Gasteiger partial charge in [0.25, 0.3) is 0 Å². The van der Waals surface area contributed by atoms with E-state index < -0.39 is 51.3 Å². The second-order valence-electron chi connectivity index (χ2n) is 10.8. The van der Waals surface area contributed by atoms with Gasteiger partial charge in [-0.15, -0.1) is 0 Å². The van der Waals surface area contributed by atoms with Crippen molar-refractivity contribution in [2.45, 2.75) is 85.0 Å². The molecule has 6 nitrogen and oxygen atoms in total. The predicted molar refractivity (Wildman–Crippen MR) is 148 cm³/mol. The van der Waals surface area contributed by atoms with Crippen LogP contribution in [0.15, 0.2) is 27.4 Å². The van der Waals surface area contributed by atoms with E-state index in [0.717, 1.165) is 70.3 Å². The lowest BCUT2D eigenvalue weighted by atomic mass is 9.91. The molecule has 3 aromatic rings. The van der Waals surface area contributed by atoms with Crippen LogP contribution in [-0.4, -0.2) is 24.2 Å². The third kappa shape index (κ3) is 8.29. The van der Waals surface area contributed by atoms with Gasteiger partial charge in [0.2, 0.25) is 17.4 Å². The van der Waals surface area contributed by atoms with Crippen LogP contribution in [0.2, 0.25) is 0 Å². The number of hydrogen-bond acceptors (Lipinski definition) is 6. The van der Waals surface area contributed by atoms with Gasteiger partial charge in [-0.1, -0.05) is 51.9 Å². The number of fused-ring (bicyclic) bond motifs is 1. The maximum atomic E-state index is 14.2. The maximum Gasteiger partial charge on any atom is 0.345 e. The van der Waals surface area contributed by atoms with Gasteiger partial charge in [-0.2, -0.15) is 4.98 Å². The number of carbonyl (C=O) groups is 1. The number of ether oxygens (including phenoxy) is 2. The normalized spacial score (nSPS) is 11.7. The molecule has 0 unspecified atom stereocenters. The van der Waals surface area contributed by atoms with Gasteiger partial charge >= 0.3 is 11.6 Å². The molecule has 0 saturated carbocycles. The van der Waals surface area contributed by atoms with Gasteiger partial charge < -0.3 is 13.9 Å².